The quantitative estimate of drug-likeness (QED) is 0.382. The van der Waals surface area contributed by atoms with Crippen LogP contribution in [0.15, 0.2) is 18.2 Å². The summed E-state index contributed by atoms with van der Waals surface area (Å²) < 4.78 is 76.4. The Morgan fingerprint density at radius 3 is 1.60 bits per heavy atom. The van der Waals surface area contributed by atoms with Gasteiger partial charge in [0.05, 0.1) is 11.1 Å². The van der Waals surface area contributed by atoms with Crippen LogP contribution in [0, 0.1) is 0 Å². The molecule has 0 saturated carbocycles. The maximum absolute atomic E-state index is 12.7. The third-order valence-corrected chi connectivity index (χ3v) is 3.45. The molecule has 0 radical (unpaired) electrons. The van der Waals surface area contributed by atoms with Gasteiger partial charge in [0, 0.05) is 18.4 Å². The lowest BCUT2D eigenvalue weighted by molar-refractivity contribution is -0.143. The van der Waals surface area contributed by atoms with E-state index in [9.17, 15) is 35.9 Å². The van der Waals surface area contributed by atoms with Gasteiger partial charge in [0.1, 0.15) is 0 Å². The highest BCUT2D eigenvalue weighted by Gasteiger charge is 2.37. The molecule has 0 aliphatic rings. The molecule has 0 aliphatic carbocycles. The van der Waals surface area contributed by atoms with E-state index < -0.39 is 40.8 Å². The highest BCUT2D eigenvalue weighted by Crippen LogP contribution is 2.36. The Morgan fingerprint density at radius 2 is 1.20 bits per heavy atom. The van der Waals surface area contributed by atoms with Crippen LogP contribution in [0.4, 0.5) is 26.3 Å². The van der Waals surface area contributed by atoms with Crippen LogP contribution in [0.2, 0.25) is 0 Å². The minimum absolute atomic E-state index is 0.0251. The molecule has 9 heteroatoms. The molecule has 1 aromatic carbocycles. The number of rotatable bonds is 8. The first-order chi connectivity index (χ1) is 11.4. The summed E-state index contributed by atoms with van der Waals surface area (Å²) in [5, 5.41) is 8.45. The molecule has 0 amide bonds. The number of aliphatic carboxylic acids is 1. The molecule has 0 bridgehead atoms. The van der Waals surface area contributed by atoms with E-state index in [4.69, 9.17) is 5.11 Å². The summed E-state index contributed by atoms with van der Waals surface area (Å²) in [7, 11) is 0. The van der Waals surface area contributed by atoms with Crippen molar-refractivity contribution in [2.24, 2.45) is 0 Å². The Bertz CT molecular complexity index is 587. The normalized spacial score (nSPS) is 12.2. The number of carboxylic acids is 1. The average molecular weight is 370 g/mol. The number of hydrogen-bond donors (Lipinski definition) is 1. The number of hydrogen-bond acceptors (Lipinski definition) is 2. The fraction of sp³-hybridized carbons (Fsp3) is 0.500. The largest absolute Gasteiger partial charge is 0.481 e. The molecule has 0 fully saturated rings. The van der Waals surface area contributed by atoms with Crippen LogP contribution in [0.5, 0.6) is 0 Å². The van der Waals surface area contributed by atoms with E-state index in [0.717, 1.165) is 0 Å². The first-order valence-electron chi connectivity index (χ1n) is 7.45. The van der Waals surface area contributed by atoms with Crippen molar-refractivity contribution in [3.63, 3.8) is 0 Å². The highest BCUT2D eigenvalue weighted by molar-refractivity contribution is 5.96. The summed E-state index contributed by atoms with van der Waals surface area (Å²) in [6.07, 6.45) is -8.59. The molecule has 1 aromatic rings. The summed E-state index contributed by atoms with van der Waals surface area (Å²) in [4.78, 5) is 22.2. The van der Waals surface area contributed by atoms with Gasteiger partial charge in [-0.2, -0.15) is 26.3 Å². The SMILES string of the molecule is O=C(O)CCCCCCC(=O)c1cc(C(F)(F)F)cc(C(F)(F)F)c1. The van der Waals surface area contributed by atoms with E-state index in [1.165, 1.54) is 0 Å². The van der Waals surface area contributed by atoms with Crippen molar-refractivity contribution in [2.45, 2.75) is 50.9 Å². The molecule has 140 valence electrons. The predicted molar refractivity (Wildman–Crippen MR) is 76.1 cm³/mol. The van der Waals surface area contributed by atoms with Gasteiger partial charge in [-0.1, -0.05) is 12.8 Å². The number of unbranched alkanes of at least 4 members (excludes halogenated alkanes) is 3. The standard InChI is InChI=1S/C16H16F6O3/c17-15(18,19)11-7-10(8-12(9-11)16(20,21)22)13(23)5-3-1-2-4-6-14(24)25/h7-9H,1-6H2,(H,24,25). The van der Waals surface area contributed by atoms with E-state index in [-0.39, 0.29) is 25.3 Å². The Kier molecular flexibility index (Phi) is 7.01. The van der Waals surface area contributed by atoms with Crippen LogP contribution in [-0.2, 0) is 17.1 Å². The summed E-state index contributed by atoms with van der Waals surface area (Å²) in [5.41, 5.74) is -3.67. The van der Waals surface area contributed by atoms with E-state index >= 15 is 0 Å². The van der Waals surface area contributed by atoms with Crippen molar-refractivity contribution in [2.75, 3.05) is 0 Å². The monoisotopic (exact) mass is 370 g/mol. The predicted octanol–water partition coefficient (Wildman–Crippen LogP) is 5.33. The van der Waals surface area contributed by atoms with Crippen LogP contribution >= 0.6 is 0 Å². The number of carbonyl (C=O) groups is 2. The Balaban J connectivity index is 2.79. The smallest absolute Gasteiger partial charge is 0.416 e. The van der Waals surface area contributed by atoms with Gasteiger partial charge in [-0.25, -0.2) is 0 Å². The Morgan fingerprint density at radius 1 is 0.760 bits per heavy atom. The minimum Gasteiger partial charge on any atom is -0.481 e. The van der Waals surface area contributed by atoms with Gasteiger partial charge in [-0.05, 0) is 31.0 Å². The van der Waals surface area contributed by atoms with E-state index in [0.29, 0.717) is 31.4 Å². The number of halogens is 6. The maximum atomic E-state index is 12.7. The molecule has 1 N–H and O–H groups in total. The second kappa shape index (κ2) is 8.35. The summed E-state index contributed by atoms with van der Waals surface area (Å²) in [6.45, 7) is 0. The van der Waals surface area contributed by atoms with Crippen LogP contribution in [0.25, 0.3) is 0 Å². The lowest BCUT2D eigenvalue weighted by Gasteiger charge is -2.13. The van der Waals surface area contributed by atoms with Gasteiger partial charge in [-0.15, -0.1) is 0 Å². The van der Waals surface area contributed by atoms with Gasteiger partial charge in [0.25, 0.3) is 0 Å². The topological polar surface area (TPSA) is 54.4 Å². The lowest BCUT2D eigenvalue weighted by atomic mass is 9.98. The first kappa shape index (κ1) is 21.0. The van der Waals surface area contributed by atoms with Crippen molar-refractivity contribution in [1.82, 2.24) is 0 Å². The molecule has 3 nitrogen and oxygen atoms in total. The number of alkyl halides is 6. The number of benzene rings is 1. The van der Waals surface area contributed by atoms with Gasteiger partial charge in [-0.3, -0.25) is 9.59 Å². The van der Waals surface area contributed by atoms with Gasteiger partial charge in [0.2, 0.25) is 0 Å². The van der Waals surface area contributed by atoms with Crippen LogP contribution in [-0.4, -0.2) is 16.9 Å². The zero-order chi connectivity index (χ0) is 19.3. The molecule has 0 aliphatic heterocycles. The van der Waals surface area contributed by atoms with Crippen LogP contribution < -0.4 is 0 Å². The molecule has 0 atom stereocenters. The van der Waals surface area contributed by atoms with Crippen molar-refractivity contribution in [1.29, 1.82) is 0 Å². The second-order valence-electron chi connectivity index (χ2n) is 5.53. The lowest BCUT2D eigenvalue weighted by Crippen LogP contribution is -2.13. The molecule has 0 spiro atoms. The molecule has 0 unspecified atom stereocenters. The number of carboxylic acid groups (broad SMARTS) is 1. The summed E-state index contributed by atoms with van der Waals surface area (Å²) >= 11 is 0. The Labute approximate surface area is 139 Å². The highest BCUT2D eigenvalue weighted by atomic mass is 19.4. The minimum atomic E-state index is -4.99. The van der Waals surface area contributed by atoms with Crippen LogP contribution in [0.3, 0.4) is 0 Å². The number of ketones is 1. The van der Waals surface area contributed by atoms with E-state index in [1.807, 2.05) is 0 Å². The molecular formula is C16H16F6O3. The summed E-state index contributed by atoms with van der Waals surface area (Å²) in [5.74, 6) is -1.77. The van der Waals surface area contributed by atoms with Gasteiger partial charge >= 0.3 is 18.3 Å². The molecular weight excluding hydrogens is 354 g/mol. The first-order valence-corrected chi connectivity index (χ1v) is 7.45. The molecule has 0 saturated heterocycles. The molecule has 0 aromatic heterocycles. The third-order valence-electron chi connectivity index (χ3n) is 3.45. The maximum Gasteiger partial charge on any atom is 0.416 e. The fourth-order valence-corrected chi connectivity index (χ4v) is 2.18. The van der Waals surface area contributed by atoms with Gasteiger partial charge < -0.3 is 5.11 Å². The van der Waals surface area contributed by atoms with E-state index in [2.05, 4.69) is 0 Å². The zero-order valence-electron chi connectivity index (χ0n) is 13.0. The van der Waals surface area contributed by atoms with Gasteiger partial charge in [0.15, 0.2) is 5.78 Å². The average Bonchev–Trinajstić information content (AvgIpc) is 2.48. The zero-order valence-corrected chi connectivity index (χ0v) is 13.0. The fourth-order valence-electron chi connectivity index (χ4n) is 2.18. The Hall–Kier alpha value is -2.06. The third kappa shape index (κ3) is 7.15. The van der Waals surface area contributed by atoms with Crippen molar-refractivity contribution >= 4 is 11.8 Å². The number of Topliss-reactive ketones (excluding diaryl/α,β-unsaturated/α-hetero) is 1. The van der Waals surface area contributed by atoms with Crippen LogP contribution in [0.1, 0.15) is 60.0 Å². The molecule has 1 rings (SSSR count). The van der Waals surface area contributed by atoms with Crippen molar-refractivity contribution < 1.29 is 41.0 Å². The van der Waals surface area contributed by atoms with Crippen molar-refractivity contribution in [3.8, 4) is 0 Å². The summed E-state index contributed by atoms with van der Waals surface area (Å²) in [6, 6.07) is 0.812. The van der Waals surface area contributed by atoms with E-state index in [1.54, 1.807) is 0 Å². The second-order valence-corrected chi connectivity index (χ2v) is 5.53. The molecule has 0 heterocycles. The van der Waals surface area contributed by atoms with Crippen molar-refractivity contribution in [3.05, 3.63) is 34.9 Å². The molecule has 25 heavy (non-hydrogen) atoms. The number of carbonyl (C=O) groups excluding carboxylic acids is 1.